The molecule has 2 atom stereocenters. The van der Waals surface area contributed by atoms with Gasteiger partial charge in [-0.2, -0.15) is 0 Å². The highest BCUT2D eigenvalue weighted by molar-refractivity contribution is 7.80. The van der Waals surface area contributed by atoms with Crippen molar-refractivity contribution in [3.63, 3.8) is 0 Å². The minimum atomic E-state index is -0.441. The van der Waals surface area contributed by atoms with E-state index in [-0.39, 0.29) is 30.3 Å². The first-order valence-corrected chi connectivity index (χ1v) is 14.0. The number of benzene rings is 2. The summed E-state index contributed by atoms with van der Waals surface area (Å²) in [6, 6.07) is 17.7. The SMILES string of the molecule is COCC(=O)Nc1ccc(N2C(=S)N[C@@H](c3ccccn3)[C@H]2c2cc(C)n(-c3ccc([N+](=O)[O-])cc3OC)c2C)cc1C. The number of hydrogen-bond donors (Lipinski definition) is 2. The fourth-order valence-electron chi connectivity index (χ4n) is 5.63. The highest BCUT2D eigenvalue weighted by Gasteiger charge is 2.42. The Morgan fingerprint density at radius 1 is 1.12 bits per heavy atom. The number of thiocarbonyl (C=S) groups is 1. The zero-order valence-electron chi connectivity index (χ0n) is 24.5. The number of nitro benzene ring substituents is 1. The van der Waals surface area contributed by atoms with E-state index < -0.39 is 4.92 Å². The molecule has 2 aromatic carbocycles. The molecule has 3 heterocycles. The van der Waals surface area contributed by atoms with Gasteiger partial charge in [-0.05, 0) is 86.6 Å². The Morgan fingerprint density at radius 3 is 2.56 bits per heavy atom. The second kappa shape index (κ2) is 12.2. The minimum Gasteiger partial charge on any atom is -0.494 e. The number of aromatic nitrogens is 2. The van der Waals surface area contributed by atoms with E-state index in [1.54, 1.807) is 12.3 Å². The quantitative estimate of drug-likeness (QED) is 0.146. The number of rotatable bonds is 9. The maximum absolute atomic E-state index is 12.2. The first-order valence-electron chi connectivity index (χ1n) is 13.6. The molecule has 2 aromatic heterocycles. The third-order valence-corrected chi connectivity index (χ3v) is 7.85. The molecular weight excluding hydrogens is 568 g/mol. The van der Waals surface area contributed by atoms with Gasteiger partial charge in [-0.1, -0.05) is 6.07 Å². The van der Waals surface area contributed by atoms with Crippen molar-refractivity contribution in [3.8, 4) is 11.4 Å². The summed E-state index contributed by atoms with van der Waals surface area (Å²) in [5.41, 5.74) is 6.71. The smallest absolute Gasteiger partial charge is 0.273 e. The van der Waals surface area contributed by atoms with Crippen LogP contribution >= 0.6 is 12.2 Å². The molecule has 1 saturated heterocycles. The van der Waals surface area contributed by atoms with Crippen molar-refractivity contribution in [2.45, 2.75) is 32.9 Å². The molecule has 4 aromatic rings. The van der Waals surface area contributed by atoms with Crippen LogP contribution in [0.4, 0.5) is 17.1 Å². The van der Waals surface area contributed by atoms with Crippen LogP contribution in [-0.4, -0.2) is 46.3 Å². The number of amides is 1. The Morgan fingerprint density at radius 2 is 1.91 bits per heavy atom. The van der Waals surface area contributed by atoms with Crippen LogP contribution in [0.5, 0.6) is 5.75 Å². The maximum atomic E-state index is 12.2. The Bertz CT molecular complexity index is 1710. The van der Waals surface area contributed by atoms with Crippen LogP contribution in [0.15, 0.2) is 66.9 Å². The Kier molecular flexibility index (Phi) is 8.42. The van der Waals surface area contributed by atoms with Gasteiger partial charge in [-0.25, -0.2) is 0 Å². The number of anilines is 2. The summed E-state index contributed by atoms with van der Waals surface area (Å²) in [7, 11) is 2.98. The largest absolute Gasteiger partial charge is 0.494 e. The van der Waals surface area contributed by atoms with Crippen LogP contribution in [0.3, 0.4) is 0 Å². The standard InChI is InChI=1S/C31H32N6O5S/c1-18-14-21(9-11-24(18)33-28(38)17-41-4)36-30(29(34-31(36)43)25-8-6-7-13-32-25)23-15-19(2)35(20(23)3)26-12-10-22(37(39)40)16-27(26)42-5/h6-16,29-30H,17H2,1-5H3,(H,33,38)(H,34,43)/t29-,30+/m0/s1. The van der Waals surface area contributed by atoms with E-state index in [1.807, 2.05) is 61.7 Å². The Hall–Kier alpha value is -4.81. The van der Waals surface area contributed by atoms with Gasteiger partial charge in [0.1, 0.15) is 12.4 Å². The van der Waals surface area contributed by atoms with Crippen LogP contribution in [0.2, 0.25) is 0 Å². The van der Waals surface area contributed by atoms with E-state index in [0.29, 0.717) is 22.2 Å². The van der Waals surface area contributed by atoms with Crippen molar-refractivity contribution in [1.29, 1.82) is 0 Å². The summed E-state index contributed by atoms with van der Waals surface area (Å²) in [6.07, 6.45) is 1.76. The number of methoxy groups -OCH3 is 2. The minimum absolute atomic E-state index is 0.0374. The molecule has 11 nitrogen and oxygen atoms in total. The number of nitrogens with zero attached hydrogens (tertiary/aromatic N) is 4. The van der Waals surface area contributed by atoms with Gasteiger partial charge >= 0.3 is 0 Å². The number of aryl methyl sites for hydroxylation is 2. The molecule has 222 valence electrons. The summed E-state index contributed by atoms with van der Waals surface area (Å²) in [5.74, 6) is 0.154. The molecule has 0 unspecified atom stereocenters. The lowest BCUT2D eigenvalue weighted by Gasteiger charge is -2.29. The van der Waals surface area contributed by atoms with Crippen LogP contribution in [0, 0.1) is 30.9 Å². The van der Waals surface area contributed by atoms with Crippen molar-refractivity contribution in [2.24, 2.45) is 0 Å². The lowest BCUT2D eigenvalue weighted by molar-refractivity contribution is -0.384. The van der Waals surface area contributed by atoms with E-state index in [0.717, 1.165) is 33.9 Å². The third-order valence-electron chi connectivity index (χ3n) is 7.54. The molecule has 1 aliphatic heterocycles. The molecule has 0 aliphatic carbocycles. The van der Waals surface area contributed by atoms with Gasteiger partial charge in [0, 0.05) is 42.1 Å². The van der Waals surface area contributed by atoms with Crippen LogP contribution in [0.1, 0.15) is 40.3 Å². The van der Waals surface area contributed by atoms with Crippen molar-refractivity contribution < 1.29 is 19.2 Å². The number of carbonyl (C=O) groups excluding carboxylic acids is 1. The number of hydrogen-bond acceptors (Lipinski definition) is 7. The highest BCUT2D eigenvalue weighted by Crippen LogP contribution is 2.45. The molecule has 0 saturated carbocycles. The molecule has 5 rings (SSSR count). The zero-order valence-corrected chi connectivity index (χ0v) is 25.3. The maximum Gasteiger partial charge on any atom is 0.273 e. The van der Waals surface area contributed by atoms with E-state index in [9.17, 15) is 14.9 Å². The average molecular weight is 601 g/mol. The summed E-state index contributed by atoms with van der Waals surface area (Å²) in [4.78, 5) is 29.8. The second-order valence-electron chi connectivity index (χ2n) is 10.3. The summed E-state index contributed by atoms with van der Waals surface area (Å²) < 4.78 is 12.6. The first kappa shape index (κ1) is 29.7. The molecule has 1 aliphatic rings. The van der Waals surface area contributed by atoms with Crippen LogP contribution in [0.25, 0.3) is 5.69 Å². The van der Waals surface area contributed by atoms with Gasteiger partial charge in [0.2, 0.25) is 5.91 Å². The molecule has 1 amide bonds. The lowest BCUT2D eigenvalue weighted by atomic mass is 9.96. The predicted molar refractivity (Wildman–Crippen MR) is 168 cm³/mol. The van der Waals surface area contributed by atoms with Crippen molar-refractivity contribution in [2.75, 3.05) is 31.0 Å². The summed E-state index contributed by atoms with van der Waals surface area (Å²) in [6.45, 7) is 5.89. The Balaban J connectivity index is 1.63. The first-order chi connectivity index (χ1) is 20.6. The lowest BCUT2D eigenvalue weighted by Crippen LogP contribution is -2.29. The molecule has 12 heteroatoms. The zero-order chi connectivity index (χ0) is 30.8. The molecular formula is C31H32N6O5S. The van der Waals surface area contributed by atoms with E-state index in [4.69, 9.17) is 21.7 Å². The van der Waals surface area contributed by atoms with Crippen molar-refractivity contribution in [1.82, 2.24) is 14.9 Å². The monoisotopic (exact) mass is 600 g/mol. The molecule has 0 radical (unpaired) electrons. The topological polar surface area (TPSA) is 124 Å². The van der Waals surface area contributed by atoms with Gasteiger partial charge in [-0.15, -0.1) is 0 Å². The van der Waals surface area contributed by atoms with E-state index in [1.165, 1.54) is 26.4 Å². The van der Waals surface area contributed by atoms with Gasteiger partial charge in [0.15, 0.2) is 5.11 Å². The predicted octanol–water partition coefficient (Wildman–Crippen LogP) is 5.48. The fraction of sp³-hybridized carbons (Fsp3) is 0.258. The van der Waals surface area contributed by atoms with Gasteiger partial charge in [0.25, 0.3) is 5.69 Å². The molecule has 2 N–H and O–H groups in total. The molecule has 1 fully saturated rings. The molecule has 0 spiro atoms. The highest BCUT2D eigenvalue weighted by atomic mass is 32.1. The van der Waals surface area contributed by atoms with Gasteiger partial charge in [0.05, 0.1) is 41.6 Å². The van der Waals surface area contributed by atoms with Gasteiger partial charge in [-0.3, -0.25) is 19.9 Å². The van der Waals surface area contributed by atoms with Crippen molar-refractivity contribution in [3.05, 3.63) is 105 Å². The molecule has 43 heavy (non-hydrogen) atoms. The van der Waals surface area contributed by atoms with Crippen LogP contribution < -0.4 is 20.3 Å². The van der Waals surface area contributed by atoms with Crippen LogP contribution in [-0.2, 0) is 9.53 Å². The number of nitro groups is 1. The number of nitrogens with one attached hydrogen (secondary N) is 2. The normalized spacial score (nSPS) is 16.2. The number of non-ortho nitro benzene ring substituents is 1. The third kappa shape index (κ3) is 5.66. The van der Waals surface area contributed by atoms with Gasteiger partial charge < -0.3 is 29.6 Å². The van der Waals surface area contributed by atoms with Crippen molar-refractivity contribution >= 4 is 40.3 Å². The summed E-state index contributed by atoms with van der Waals surface area (Å²) >= 11 is 5.92. The van der Waals surface area contributed by atoms with E-state index >= 15 is 0 Å². The number of pyridine rings is 1. The Labute approximate surface area is 254 Å². The average Bonchev–Trinajstić information content (AvgIpc) is 3.48. The number of carbonyl (C=O) groups is 1. The van der Waals surface area contributed by atoms with E-state index in [2.05, 4.69) is 26.6 Å². The second-order valence-corrected chi connectivity index (χ2v) is 10.6. The molecule has 0 bridgehead atoms. The fourth-order valence-corrected chi connectivity index (χ4v) is 5.97. The summed E-state index contributed by atoms with van der Waals surface area (Å²) in [5, 5.41) is 18.3. The number of ether oxygens (including phenoxy) is 2.